The van der Waals surface area contributed by atoms with Crippen LogP contribution in [-0.2, 0) is 4.74 Å². The molecule has 4 nitrogen and oxygen atoms in total. The van der Waals surface area contributed by atoms with Crippen LogP contribution >= 0.6 is 0 Å². The third-order valence-corrected chi connectivity index (χ3v) is 4.04. The van der Waals surface area contributed by atoms with Gasteiger partial charge in [0, 0.05) is 36.5 Å². The lowest BCUT2D eigenvalue weighted by molar-refractivity contribution is -0.147. The van der Waals surface area contributed by atoms with Crippen molar-refractivity contribution < 1.29 is 22.7 Å². The Labute approximate surface area is 131 Å². The van der Waals surface area contributed by atoms with E-state index in [-0.39, 0.29) is 5.56 Å². The van der Waals surface area contributed by atoms with Gasteiger partial charge in [0.2, 0.25) is 0 Å². The lowest BCUT2D eigenvalue weighted by Gasteiger charge is -2.34. The Bertz CT molecular complexity index is 690. The Morgan fingerprint density at radius 2 is 2.00 bits per heavy atom. The van der Waals surface area contributed by atoms with E-state index in [2.05, 4.69) is 4.98 Å². The molecule has 1 aliphatic rings. The number of carbonyl (C=O) groups is 1. The highest BCUT2D eigenvalue weighted by Gasteiger charge is 2.37. The predicted molar refractivity (Wildman–Crippen MR) is 79.2 cm³/mol. The van der Waals surface area contributed by atoms with Crippen LogP contribution in [0.15, 0.2) is 30.5 Å². The molecule has 0 aliphatic carbocycles. The molecule has 0 bridgehead atoms. The van der Waals surface area contributed by atoms with E-state index < -0.39 is 24.7 Å². The molecule has 1 aromatic heterocycles. The van der Waals surface area contributed by atoms with Gasteiger partial charge < -0.3 is 14.6 Å². The zero-order chi connectivity index (χ0) is 16.4. The molecule has 0 saturated carbocycles. The molecule has 124 valence electrons. The molecule has 2 heterocycles. The van der Waals surface area contributed by atoms with Crippen LogP contribution in [0.25, 0.3) is 10.9 Å². The van der Waals surface area contributed by atoms with Gasteiger partial charge in [-0.1, -0.05) is 6.07 Å². The maximum atomic E-state index is 12.9. The Balaban J connectivity index is 1.88. The number of carbonyl (C=O) groups excluding carboxylic acids is 1. The van der Waals surface area contributed by atoms with Crippen molar-refractivity contribution in [1.82, 2.24) is 9.88 Å². The van der Waals surface area contributed by atoms with Crippen molar-refractivity contribution in [2.45, 2.75) is 25.1 Å². The fraction of sp³-hybridized carbons (Fsp3) is 0.438. The molecule has 2 aromatic rings. The van der Waals surface area contributed by atoms with Crippen LogP contribution in [0.5, 0.6) is 0 Å². The van der Waals surface area contributed by atoms with Crippen molar-refractivity contribution >= 4 is 16.8 Å². The number of amides is 1. The summed E-state index contributed by atoms with van der Waals surface area (Å²) in [5.74, 6) is -0.592. The van der Waals surface area contributed by atoms with Gasteiger partial charge >= 0.3 is 6.18 Å². The van der Waals surface area contributed by atoms with E-state index in [9.17, 15) is 18.0 Å². The number of ether oxygens (including phenoxy) is 1. The molecule has 1 saturated heterocycles. The minimum atomic E-state index is -4.43. The van der Waals surface area contributed by atoms with Crippen LogP contribution < -0.4 is 0 Å². The van der Waals surface area contributed by atoms with E-state index in [0.717, 1.165) is 15.8 Å². The minimum absolute atomic E-state index is 0.260. The first-order valence-electron chi connectivity index (χ1n) is 7.47. The van der Waals surface area contributed by atoms with Crippen molar-refractivity contribution in [3.8, 4) is 0 Å². The van der Waals surface area contributed by atoms with Crippen LogP contribution in [0.1, 0.15) is 23.2 Å². The Morgan fingerprint density at radius 3 is 2.70 bits per heavy atom. The number of nitrogens with one attached hydrogen (secondary N) is 1. The molecule has 1 N–H and O–H groups in total. The van der Waals surface area contributed by atoms with Gasteiger partial charge in [0.15, 0.2) is 0 Å². The monoisotopic (exact) mass is 326 g/mol. The maximum absolute atomic E-state index is 12.9. The van der Waals surface area contributed by atoms with Crippen LogP contribution in [0.4, 0.5) is 13.2 Å². The number of halogens is 3. The van der Waals surface area contributed by atoms with Gasteiger partial charge in [-0.2, -0.15) is 13.2 Å². The van der Waals surface area contributed by atoms with Crippen molar-refractivity contribution in [3.05, 3.63) is 36.0 Å². The number of hydrogen-bond acceptors (Lipinski definition) is 2. The molecule has 3 rings (SSSR count). The van der Waals surface area contributed by atoms with E-state index in [1.54, 1.807) is 24.4 Å². The third kappa shape index (κ3) is 3.67. The number of rotatable bonds is 3. The summed E-state index contributed by atoms with van der Waals surface area (Å²) < 4.78 is 43.9. The normalized spacial score (nSPS) is 16.7. The summed E-state index contributed by atoms with van der Waals surface area (Å²) in [6.45, 7) is -0.483. The average Bonchev–Trinajstić information content (AvgIpc) is 2.99. The molecule has 1 fully saturated rings. The average molecular weight is 326 g/mol. The summed E-state index contributed by atoms with van der Waals surface area (Å²) in [6, 6.07) is 6.29. The summed E-state index contributed by atoms with van der Waals surface area (Å²) in [7, 11) is 0. The zero-order valence-electron chi connectivity index (χ0n) is 12.4. The molecule has 0 radical (unpaired) electrons. The number of fused-ring (bicyclic) bond motifs is 1. The number of aromatic nitrogens is 1. The number of aromatic amines is 1. The second-order valence-corrected chi connectivity index (χ2v) is 5.67. The van der Waals surface area contributed by atoms with Gasteiger partial charge in [-0.15, -0.1) is 0 Å². The van der Waals surface area contributed by atoms with E-state index in [0.29, 0.717) is 26.1 Å². The lowest BCUT2D eigenvalue weighted by Crippen LogP contribution is -2.47. The van der Waals surface area contributed by atoms with Gasteiger partial charge in [-0.25, -0.2) is 0 Å². The second-order valence-electron chi connectivity index (χ2n) is 5.67. The Morgan fingerprint density at radius 1 is 1.26 bits per heavy atom. The Hall–Kier alpha value is -2.02. The first-order valence-corrected chi connectivity index (χ1v) is 7.47. The first-order chi connectivity index (χ1) is 10.9. The summed E-state index contributed by atoms with van der Waals surface area (Å²) in [6.07, 6.45) is -1.85. The van der Waals surface area contributed by atoms with Crippen molar-refractivity contribution in [1.29, 1.82) is 0 Å². The van der Waals surface area contributed by atoms with Gasteiger partial charge in [0.1, 0.15) is 6.54 Å². The van der Waals surface area contributed by atoms with E-state index in [1.807, 2.05) is 6.07 Å². The number of benzene rings is 1. The number of hydrogen-bond donors (Lipinski definition) is 1. The van der Waals surface area contributed by atoms with Gasteiger partial charge in [-0.3, -0.25) is 4.79 Å². The maximum Gasteiger partial charge on any atom is 0.406 e. The van der Waals surface area contributed by atoms with Gasteiger partial charge in [0.25, 0.3) is 5.91 Å². The molecule has 1 aromatic carbocycles. The summed E-state index contributed by atoms with van der Waals surface area (Å²) in [4.78, 5) is 16.6. The molecule has 0 spiro atoms. The number of nitrogens with zero attached hydrogens (tertiary/aromatic N) is 1. The number of alkyl halides is 3. The van der Waals surface area contributed by atoms with Crippen molar-refractivity contribution in [2.24, 2.45) is 0 Å². The molecule has 0 atom stereocenters. The standard InChI is InChI=1S/C16H17F3N2O2/c17-16(18,19)10-21(13-4-7-23-8-5-13)15(22)12-2-1-11-3-6-20-14(11)9-12/h1-3,6,9,13,20H,4-5,7-8,10H2. The van der Waals surface area contributed by atoms with Crippen molar-refractivity contribution in [3.63, 3.8) is 0 Å². The molecule has 1 amide bonds. The largest absolute Gasteiger partial charge is 0.406 e. The van der Waals surface area contributed by atoms with E-state index in [1.165, 1.54) is 0 Å². The fourth-order valence-corrected chi connectivity index (χ4v) is 2.90. The predicted octanol–water partition coefficient (Wildman–Crippen LogP) is 3.35. The molecule has 23 heavy (non-hydrogen) atoms. The molecule has 0 unspecified atom stereocenters. The summed E-state index contributed by atoms with van der Waals surface area (Å²) >= 11 is 0. The van der Waals surface area contributed by atoms with Crippen LogP contribution in [0, 0.1) is 0 Å². The highest BCUT2D eigenvalue weighted by molar-refractivity contribution is 5.98. The third-order valence-electron chi connectivity index (χ3n) is 4.04. The Kier molecular flexibility index (Phi) is 4.30. The van der Waals surface area contributed by atoms with Gasteiger partial charge in [0.05, 0.1) is 0 Å². The van der Waals surface area contributed by atoms with E-state index >= 15 is 0 Å². The molecular formula is C16H17F3N2O2. The highest BCUT2D eigenvalue weighted by Crippen LogP contribution is 2.25. The smallest absolute Gasteiger partial charge is 0.381 e. The topological polar surface area (TPSA) is 45.3 Å². The van der Waals surface area contributed by atoms with Crippen molar-refractivity contribution in [2.75, 3.05) is 19.8 Å². The van der Waals surface area contributed by atoms with Crippen LogP contribution in [0.3, 0.4) is 0 Å². The first kappa shape index (κ1) is 15.9. The van der Waals surface area contributed by atoms with Gasteiger partial charge in [-0.05, 0) is 36.4 Å². The number of H-pyrrole nitrogens is 1. The summed E-state index contributed by atoms with van der Waals surface area (Å²) in [5, 5.41) is 0.912. The SMILES string of the molecule is O=C(c1ccc2cc[nH]c2c1)N(CC(F)(F)F)C1CCOCC1. The van der Waals surface area contributed by atoms with Crippen LogP contribution in [0.2, 0.25) is 0 Å². The fourth-order valence-electron chi connectivity index (χ4n) is 2.90. The molecule has 1 aliphatic heterocycles. The van der Waals surface area contributed by atoms with E-state index in [4.69, 9.17) is 4.74 Å². The zero-order valence-corrected chi connectivity index (χ0v) is 12.4. The lowest BCUT2D eigenvalue weighted by atomic mass is 10.0. The molecule has 7 heteroatoms. The van der Waals surface area contributed by atoms with Crippen LogP contribution in [-0.4, -0.2) is 47.8 Å². The summed E-state index contributed by atoms with van der Waals surface area (Å²) in [5.41, 5.74) is 0.991. The molecular weight excluding hydrogens is 309 g/mol. The minimum Gasteiger partial charge on any atom is -0.381 e. The second kappa shape index (κ2) is 6.23. The highest BCUT2D eigenvalue weighted by atomic mass is 19.4. The quantitative estimate of drug-likeness (QED) is 0.940.